The van der Waals surface area contributed by atoms with Crippen molar-refractivity contribution in [1.82, 2.24) is 15.0 Å². The lowest BCUT2D eigenvalue weighted by Crippen LogP contribution is -2.21. The minimum atomic E-state index is -0.247. The van der Waals surface area contributed by atoms with Crippen LogP contribution in [0.3, 0.4) is 0 Å². The zero-order valence-corrected chi connectivity index (χ0v) is 12.7. The highest BCUT2D eigenvalue weighted by Gasteiger charge is 2.15. The van der Waals surface area contributed by atoms with Crippen LogP contribution in [0.5, 0.6) is 0 Å². The molecule has 2 rings (SSSR count). The second kappa shape index (κ2) is 6.05. The van der Waals surface area contributed by atoms with Crippen LogP contribution in [-0.4, -0.2) is 26.7 Å². The number of rotatable bonds is 4. The Morgan fingerprint density at radius 3 is 2.62 bits per heavy atom. The maximum absolute atomic E-state index is 12.0. The predicted molar refractivity (Wildman–Crippen MR) is 79.6 cm³/mol. The topological polar surface area (TPSA) is 76.9 Å². The molecule has 1 amide bonds. The molecule has 0 unspecified atom stereocenters. The Kier molecular flexibility index (Phi) is 4.37. The van der Waals surface area contributed by atoms with Crippen molar-refractivity contribution >= 4 is 29.0 Å². The van der Waals surface area contributed by atoms with Crippen molar-refractivity contribution in [2.45, 2.75) is 27.3 Å². The second-order valence-electron chi connectivity index (χ2n) is 4.74. The van der Waals surface area contributed by atoms with E-state index < -0.39 is 0 Å². The number of nitrogens with one attached hydrogen (secondary N) is 1. The van der Waals surface area contributed by atoms with E-state index in [1.165, 1.54) is 11.6 Å². The van der Waals surface area contributed by atoms with Gasteiger partial charge in [-0.1, -0.05) is 16.8 Å². The number of benzene rings is 1. The van der Waals surface area contributed by atoms with Gasteiger partial charge in [0.2, 0.25) is 5.91 Å². The van der Waals surface area contributed by atoms with Crippen molar-refractivity contribution < 1.29 is 9.59 Å². The van der Waals surface area contributed by atoms with Gasteiger partial charge in [0.15, 0.2) is 11.5 Å². The van der Waals surface area contributed by atoms with Crippen molar-refractivity contribution in [2.24, 2.45) is 0 Å². The molecular weight excluding hydrogens is 292 g/mol. The third-order valence-electron chi connectivity index (χ3n) is 3.07. The first-order valence-electron chi connectivity index (χ1n) is 6.35. The smallest absolute Gasteiger partial charge is 0.246 e. The lowest BCUT2D eigenvalue weighted by atomic mass is 10.2. The summed E-state index contributed by atoms with van der Waals surface area (Å²) < 4.78 is 1.40. The number of nitrogens with zero attached hydrogens (tertiary/aromatic N) is 3. The monoisotopic (exact) mass is 306 g/mol. The highest BCUT2D eigenvalue weighted by atomic mass is 35.5. The molecule has 1 aromatic carbocycles. The average Bonchev–Trinajstić information content (AvgIpc) is 2.74. The van der Waals surface area contributed by atoms with Gasteiger partial charge in [0.25, 0.3) is 0 Å². The Morgan fingerprint density at radius 1 is 1.33 bits per heavy atom. The van der Waals surface area contributed by atoms with Gasteiger partial charge in [-0.3, -0.25) is 9.59 Å². The van der Waals surface area contributed by atoms with E-state index >= 15 is 0 Å². The van der Waals surface area contributed by atoms with E-state index in [1.54, 1.807) is 25.1 Å². The number of hydrogen-bond donors (Lipinski definition) is 1. The molecule has 0 bridgehead atoms. The number of halogens is 1. The van der Waals surface area contributed by atoms with Crippen molar-refractivity contribution in [1.29, 1.82) is 0 Å². The number of amides is 1. The summed E-state index contributed by atoms with van der Waals surface area (Å²) in [5, 5.41) is 11.0. The lowest BCUT2D eigenvalue weighted by molar-refractivity contribution is -0.117. The van der Waals surface area contributed by atoms with Gasteiger partial charge >= 0.3 is 0 Å². The Labute approximate surface area is 127 Å². The van der Waals surface area contributed by atoms with Crippen molar-refractivity contribution in [3.63, 3.8) is 0 Å². The number of aryl methyl sites for hydroxylation is 1. The normalized spacial score (nSPS) is 10.5. The van der Waals surface area contributed by atoms with Crippen LogP contribution in [0.1, 0.15) is 28.7 Å². The van der Waals surface area contributed by atoms with E-state index in [2.05, 4.69) is 15.6 Å². The summed E-state index contributed by atoms with van der Waals surface area (Å²) in [5.41, 5.74) is 2.42. The quantitative estimate of drug-likeness (QED) is 0.880. The third kappa shape index (κ3) is 3.46. The van der Waals surface area contributed by atoms with Gasteiger partial charge in [-0.2, -0.15) is 0 Å². The highest BCUT2D eigenvalue weighted by molar-refractivity contribution is 6.30. The first-order valence-corrected chi connectivity index (χ1v) is 6.73. The van der Waals surface area contributed by atoms with Gasteiger partial charge in [-0.15, -0.1) is 5.10 Å². The summed E-state index contributed by atoms with van der Waals surface area (Å²) in [6.45, 7) is 4.97. The van der Waals surface area contributed by atoms with Gasteiger partial charge < -0.3 is 5.32 Å². The fraction of sp³-hybridized carbons (Fsp3) is 0.286. The largest absolute Gasteiger partial charge is 0.324 e. The first-order chi connectivity index (χ1) is 9.88. The number of anilines is 1. The number of ketones is 1. The summed E-state index contributed by atoms with van der Waals surface area (Å²) in [4.78, 5) is 23.3. The Morgan fingerprint density at radius 2 is 2.05 bits per heavy atom. The molecule has 21 heavy (non-hydrogen) atoms. The molecule has 0 aliphatic heterocycles. The summed E-state index contributed by atoms with van der Waals surface area (Å²) >= 11 is 5.87. The molecule has 1 N–H and O–H groups in total. The van der Waals surface area contributed by atoms with E-state index in [0.29, 0.717) is 16.4 Å². The Hall–Kier alpha value is -2.21. The van der Waals surface area contributed by atoms with Crippen LogP contribution in [0, 0.1) is 13.8 Å². The van der Waals surface area contributed by atoms with Crippen LogP contribution in [0.2, 0.25) is 5.02 Å². The third-order valence-corrected chi connectivity index (χ3v) is 3.31. The van der Waals surface area contributed by atoms with E-state index in [0.717, 1.165) is 5.56 Å². The minimum absolute atomic E-state index is 0.00577. The molecule has 0 spiro atoms. The Balaban J connectivity index is 2.10. The molecule has 0 aliphatic carbocycles. The molecule has 0 saturated carbocycles. The number of hydrogen-bond acceptors (Lipinski definition) is 4. The number of carbonyl (C=O) groups is 2. The van der Waals surface area contributed by atoms with Gasteiger partial charge in [0.1, 0.15) is 6.54 Å². The van der Waals surface area contributed by atoms with Crippen LogP contribution < -0.4 is 5.32 Å². The van der Waals surface area contributed by atoms with Gasteiger partial charge in [0.05, 0.1) is 5.69 Å². The predicted octanol–water partition coefficient (Wildman–Crippen LogP) is 2.39. The molecule has 0 atom stereocenters. The van der Waals surface area contributed by atoms with Crippen LogP contribution in [0.4, 0.5) is 5.69 Å². The standard InChI is InChI=1S/C14H15ClN4O2/c1-8-6-11(15)4-5-12(8)16-13(21)7-19-9(2)14(10(3)20)17-18-19/h4-6H,7H2,1-3H3,(H,16,21). The zero-order valence-electron chi connectivity index (χ0n) is 12.0. The summed E-state index contributed by atoms with van der Waals surface area (Å²) in [6.07, 6.45) is 0. The van der Waals surface area contributed by atoms with E-state index in [9.17, 15) is 9.59 Å². The molecule has 0 fully saturated rings. The van der Waals surface area contributed by atoms with Gasteiger partial charge in [-0.05, 0) is 37.6 Å². The van der Waals surface area contributed by atoms with Crippen molar-refractivity contribution in [3.8, 4) is 0 Å². The first kappa shape index (κ1) is 15.2. The average molecular weight is 307 g/mol. The SMILES string of the molecule is CC(=O)c1nnn(CC(=O)Nc2ccc(Cl)cc2C)c1C. The van der Waals surface area contributed by atoms with E-state index in [1.807, 2.05) is 6.92 Å². The molecule has 110 valence electrons. The van der Waals surface area contributed by atoms with Crippen LogP contribution in [-0.2, 0) is 11.3 Å². The maximum Gasteiger partial charge on any atom is 0.246 e. The molecule has 6 nitrogen and oxygen atoms in total. The number of aromatic nitrogens is 3. The number of Topliss-reactive ketones (excluding diaryl/α,β-unsaturated/α-hetero) is 1. The fourth-order valence-electron chi connectivity index (χ4n) is 1.93. The fourth-order valence-corrected chi connectivity index (χ4v) is 2.16. The highest BCUT2D eigenvalue weighted by Crippen LogP contribution is 2.19. The molecular formula is C14H15ClN4O2. The molecule has 0 saturated heterocycles. The maximum atomic E-state index is 12.0. The van der Waals surface area contributed by atoms with Crippen molar-refractivity contribution in [3.05, 3.63) is 40.2 Å². The van der Waals surface area contributed by atoms with Crippen LogP contribution in [0.25, 0.3) is 0 Å². The van der Waals surface area contributed by atoms with Crippen molar-refractivity contribution in [2.75, 3.05) is 5.32 Å². The lowest BCUT2D eigenvalue weighted by Gasteiger charge is -2.09. The molecule has 0 aliphatic rings. The summed E-state index contributed by atoms with van der Waals surface area (Å²) in [7, 11) is 0. The zero-order chi connectivity index (χ0) is 15.6. The van der Waals surface area contributed by atoms with Gasteiger partial charge in [0, 0.05) is 17.6 Å². The summed E-state index contributed by atoms with van der Waals surface area (Å²) in [6, 6.07) is 5.22. The molecule has 7 heteroatoms. The van der Waals surface area contributed by atoms with Gasteiger partial charge in [-0.25, -0.2) is 4.68 Å². The van der Waals surface area contributed by atoms with E-state index in [4.69, 9.17) is 11.6 Å². The molecule has 1 aromatic heterocycles. The van der Waals surface area contributed by atoms with E-state index in [-0.39, 0.29) is 23.9 Å². The number of carbonyl (C=O) groups excluding carboxylic acids is 2. The molecule has 1 heterocycles. The van der Waals surface area contributed by atoms with Crippen LogP contribution in [0.15, 0.2) is 18.2 Å². The van der Waals surface area contributed by atoms with Crippen LogP contribution >= 0.6 is 11.6 Å². The molecule has 0 radical (unpaired) electrons. The molecule has 2 aromatic rings. The minimum Gasteiger partial charge on any atom is -0.324 e. The summed E-state index contributed by atoms with van der Waals surface area (Å²) in [5.74, 6) is -0.420. The second-order valence-corrected chi connectivity index (χ2v) is 5.18. The Bertz CT molecular complexity index is 709.